The smallest absolute Gasteiger partial charge is 0.312 e. The number of aromatic nitrogens is 3. The van der Waals surface area contributed by atoms with Crippen LogP contribution >= 0.6 is 0 Å². The van der Waals surface area contributed by atoms with Gasteiger partial charge in [-0.15, -0.1) is 0 Å². The molecule has 4 aromatic rings. The first-order valence-electron chi connectivity index (χ1n) is 9.96. The van der Waals surface area contributed by atoms with E-state index in [0.717, 1.165) is 33.8 Å². The highest BCUT2D eigenvalue weighted by Crippen LogP contribution is 2.26. The Kier molecular flexibility index (Phi) is 5.54. The lowest BCUT2D eigenvalue weighted by molar-refractivity contribution is -0.148. The monoisotopic (exact) mass is 413 g/mol. The molecule has 0 saturated heterocycles. The maximum atomic E-state index is 11.2. The number of benzene rings is 2. The molecule has 2 heterocycles. The largest absolute Gasteiger partial charge is 0.481 e. The second kappa shape index (κ2) is 8.44. The molecule has 0 bridgehead atoms. The van der Waals surface area contributed by atoms with E-state index in [4.69, 9.17) is 9.84 Å². The van der Waals surface area contributed by atoms with Crippen molar-refractivity contribution in [1.29, 1.82) is 0 Å². The third-order valence-corrected chi connectivity index (χ3v) is 5.05. The van der Waals surface area contributed by atoms with Gasteiger partial charge in [0.25, 0.3) is 0 Å². The van der Waals surface area contributed by atoms with Crippen LogP contribution in [-0.4, -0.2) is 32.6 Å². The van der Waals surface area contributed by atoms with Crippen molar-refractivity contribution in [2.45, 2.75) is 13.8 Å². The van der Waals surface area contributed by atoms with Crippen molar-refractivity contribution in [3.8, 4) is 39.7 Å². The molecule has 2 aromatic carbocycles. The molecule has 0 radical (unpaired) electrons. The molecule has 0 atom stereocenters. The van der Waals surface area contributed by atoms with Gasteiger partial charge in [0.15, 0.2) is 0 Å². The highest BCUT2D eigenvalue weighted by molar-refractivity contribution is 5.73. The second-order valence-electron chi connectivity index (χ2n) is 7.95. The standard InChI is InChI=1S/C25H23N3O3/c1-25(2,24(29)30)16-31-22-13-12-20(14-26-22)17-8-10-19(11-9-17)23-27-15-21(28-23)18-6-4-3-5-7-18/h3-15H,16H2,1-2H3,(H,27,28)(H,29,30). The molecule has 2 aromatic heterocycles. The van der Waals surface area contributed by atoms with Gasteiger partial charge in [0, 0.05) is 23.4 Å². The Labute approximate surface area is 180 Å². The summed E-state index contributed by atoms with van der Waals surface area (Å²) in [7, 11) is 0. The van der Waals surface area contributed by atoms with Crippen LogP contribution < -0.4 is 4.74 Å². The summed E-state index contributed by atoms with van der Waals surface area (Å²) in [6.07, 6.45) is 3.56. The van der Waals surface area contributed by atoms with Crippen molar-refractivity contribution >= 4 is 5.97 Å². The van der Waals surface area contributed by atoms with Crippen molar-refractivity contribution in [3.05, 3.63) is 79.1 Å². The zero-order chi connectivity index (χ0) is 21.8. The van der Waals surface area contributed by atoms with Crippen LogP contribution in [0.3, 0.4) is 0 Å². The molecule has 0 unspecified atom stereocenters. The second-order valence-corrected chi connectivity index (χ2v) is 7.95. The van der Waals surface area contributed by atoms with Gasteiger partial charge in [-0.25, -0.2) is 9.97 Å². The molecule has 0 aliphatic heterocycles. The predicted octanol–water partition coefficient (Wildman–Crippen LogP) is 5.30. The van der Waals surface area contributed by atoms with E-state index in [9.17, 15) is 4.79 Å². The number of hydrogen-bond acceptors (Lipinski definition) is 4. The Morgan fingerprint density at radius 1 is 0.871 bits per heavy atom. The van der Waals surface area contributed by atoms with E-state index in [1.54, 1.807) is 26.1 Å². The Morgan fingerprint density at radius 3 is 2.19 bits per heavy atom. The van der Waals surface area contributed by atoms with Gasteiger partial charge >= 0.3 is 5.97 Å². The number of nitrogens with one attached hydrogen (secondary N) is 1. The first-order chi connectivity index (χ1) is 14.9. The fraction of sp³-hybridized carbons (Fsp3) is 0.160. The van der Waals surface area contributed by atoms with Crippen molar-refractivity contribution in [1.82, 2.24) is 15.0 Å². The predicted molar refractivity (Wildman–Crippen MR) is 120 cm³/mol. The van der Waals surface area contributed by atoms with Gasteiger partial charge in [-0.2, -0.15) is 0 Å². The number of ether oxygens (including phenoxy) is 1. The van der Waals surface area contributed by atoms with Gasteiger partial charge in [0.1, 0.15) is 12.4 Å². The van der Waals surface area contributed by atoms with E-state index in [0.29, 0.717) is 5.88 Å². The number of carboxylic acid groups (broad SMARTS) is 1. The van der Waals surface area contributed by atoms with Crippen molar-refractivity contribution < 1.29 is 14.6 Å². The van der Waals surface area contributed by atoms with Crippen LogP contribution in [0.2, 0.25) is 0 Å². The summed E-state index contributed by atoms with van der Waals surface area (Å²) >= 11 is 0. The van der Waals surface area contributed by atoms with Crippen LogP contribution in [-0.2, 0) is 4.79 Å². The number of rotatable bonds is 7. The normalized spacial score (nSPS) is 11.3. The van der Waals surface area contributed by atoms with E-state index in [1.807, 2.05) is 66.9 Å². The summed E-state index contributed by atoms with van der Waals surface area (Å²) in [5.41, 5.74) is 4.06. The van der Waals surface area contributed by atoms with E-state index < -0.39 is 11.4 Å². The number of pyridine rings is 1. The Balaban J connectivity index is 1.45. The minimum atomic E-state index is -0.970. The molecular formula is C25H23N3O3. The number of aliphatic carboxylic acids is 1. The molecule has 0 aliphatic carbocycles. The quantitative estimate of drug-likeness (QED) is 0.429. The lowest BCUT2D eigenvalue weighted by Crippen LogP contribution is -2.30. The number of nitrogens with zero attached hydrogens (tertiary/aromatic N) is 2. The number of H-pyrrole nitrogens is 1. The van der Waals surface area contributed by atoms with Crippen LogP contribution in [0.25, 0.3) is 33.8 Å². The average Bonchev–Trinajstić information content (AvgIpc) is 3.29. The van der Waals surface area contributed by atoms with Gasteiger partial charge < -0.3 is 14.8 Å². The number of carbonyl (C=O) groups is 1. The third-order valence-electron chi connectivity index (χ3n) is 5.05. The molecule has 0 amide bonds. The molecule has 156 valence electrons. The summed E-state index contributed by atoms with van der Waals surface area (Å²) in [6, 6.07) is 21.8. The lowest BCUT2D eigenvalue weighted by Gasteiger charge is -2.18. The van der Waals surface area contributed by atoms with Crippen molar-refractivity contribution in [2.24, 2.45) is 5.41 Å². The number of carboxylic acids is 1. The molecule has 0 spiro atoms. The SMILES string of the molecule is CC(C)(COc1ccc(-c2ccc(-c3ncc(-c4ccccc4)[nH]3)cc2)cn1)C(=O)O. The maximum absolute atomic E-state index is 11.2. The average molecular weight is 413 g/mol. The summed E-state index contributed by atoms with van der Waals surface area (Å²) < 4.78 is 5.53. The molecular weight excluding hydrogens is 390 g/mol. The first-order valence-corrected chi connectivity index (χ1v) is 9.96. The zero-order valence-corrected chi connectivity index (χ0v) is 17.4. The molecule has 31 heavy (non-hydrogen) atoms. The van der Waals surface area contributed by atoms with Gasteiger partial charge in [-0.3, -0.25) is 4.79 Å². The van der Waals surface area contributed by atoms with Crippen LogP contribution in [0.1, 0.15) is 13.8 Å². The summed E-state index contributed by atoms with van der Waals surface area (Å²) in [5, 5.41) is 9.17. The Morgan fingerprint density at radius 2 is 1.55 bits per heavy atom. The summed E-state index contributed by atoms with van der Waals surface area (Å²) in [4.78, 5) is 23.3. The lowest BCUT2D eigenvalue weighted by atomic mass is 9.95. The molecule has 6 nitrogen and oxygen atoms in total. The fourth-order valence-electron chi connectivity index (χ4n) is 3.01. The number of imidazole rings is 1. The van der Waals surface area contributed by atoms with Gasteiger partial charge in [-0.05, 0) is 31.0 Å². The van der Waals surface area contributed by atoms with Gasteiger partial charge in [0.05, 0.1) is 17.3 Å². The maximum Gasteiger partial charge on any atom is 0.312 e. The highest BCUT2D eigenvalue weighted by atomic mass is 16.5. The summed E-state index contributed by atoms with van der Waals surface area (Å²) in [5.74, 6) is 0.309. The van der Waals surface area contributed by atoms with Crippen molar-refractivity contribution in [3.63, 3.8) is 0 Å². The van der Waals surface area contributed by atoms with E-state index >= 15 is 0 Å². The van der Waals surface area contributed by atoms with Gasteiger partial charge in [-0.1, -0.05) is 54.6 Å². The van der Waals surface area contributed by atoms with Crippen LogP contribution in [0.4, 0.5) is 0 Å². The first kappa shape index (κ1) is 20.3. The Bertz CT molecular complexity index is 1160. The van der Waals surface area contributed by atoms with Crippen LogP contribution in [0, 0.1) is 5.41 Å². The molecule has 4 rings (SSSR count). The van der Waals surface area contributed by atoms with E-state index in [-0.39, 0.29) is 6.61 Å². The molecule has 0 aliphatic rings. The minimum absolute atomic E-state index is 0.0531. The summed E-state index contributed by atoms with van der Waals surface area (Å²) in [6.45, 7) is 3.29. The highest BCUT2D eigenvalue weighted by Gasteiger charge is 2.28. The number of hydrogen-bond donors (Lipinski definition) is 2. The molecule has 2 N–H and O–H groups in total. The minimum Gasteiger partial charge on any atom is -0.481 e. The molecule has 0 saturated carbocycles. The topological polar surface area (TPSA) is 88.1 Å². The third kappa shape index (κ3) is 4.64. The van der Waals surface area contributed by atoms with Gasteiger partial charge in [0.2, 0.25) is 5.88 Å². The van der Waals surface area contributed by atoms with E-state index in [2.05, 4.69) is 15.0 Å². The number of aromatic amines is 1. The zero-order valence-electron chi connectivity index (χ0n) is 17.4. The molecule has 0 fully saturated rings. The van der Waals surface area contributed by atoms with Crippen LogP contribution in [0.5, 0.6) is 5.88 Å². The fourth-order valence-corrected chi connectivity index (χ4v) is 3.01. The van der Waals surface area contributed by atoms with E-state index in [1.165, 1.54) is 0 Å². The Hall–Kier alpha value is -3.93. The van der Waals surface area contributed by atoms with Crippen molar-refractivity contribution in [2.75, 3.05) is 6.61 Å². The molecule has 6 heteroatoms. The van der Waals surface area contributed by atoms with Crippen LogP contribution in [0.15, 0.2) is 79.1 Å².